The second-order valence-corrected chi connectivity index (χ2v) is 7.93. The van der Waals surface area contributed by atoms with Gasteiger partial charge in [-0.05, 0) is 56.4 Å². The van der Waals surface area contributed by atoms with Gasteiger partial charge in [0.1, 0.15) is 16.9 Å². The molecule has 2 aromatic rings. The lowest BCUT2D eigenvalue weighted by atomic mass is 9.93. The Labute approximate surface area is 162 Å². The van der Waals surface area contributed by atoms with Crippen LogP contribution >= 0.6 is 0 Å². The molecule has 0 bridgehead atoms. The smallest absolute Gasteiger partial charge is 0.256 e. The Kier molecular flexibility index (Phi) is 7.19. The van der Waals surface area contributed by atoms with Gasteiger partial charge < -0.3 is 14.8 Å². The van der Waals surface area contributed by atoms with Crippen LogP contribution < -0.4 is 10.1 Å². The minimum absolute atomic E-state index is 0.140. The number of rotatable bonds is 9. The van der Waals surface area contributed by atoms with E-state index in [4.69, 9.17) is 9.47 Å². The van der Waals surface area contributed by atoms with Crippen molar-refractivity contribution in [1.29, 1.82) is 0 Å². The molecular weight excluding hydrogens is 340 g/mol. The summed E-state index contributed by atoms with van der Waals surface area (Å²) in [6.07, 6.45) is 2.39. The molecule has 0 aliphatic rings. The van der Waals surface area contributed by atoms with Gasteiger partial charge in [-0.15, -0.1) is 0 Å². The normalized spacial score (nSPS) is 13.8. The van der Waals surface area contributed by atoms with Gasteiger partial charge in [0.2, 0.25) is 0 Å². The van der Waals surface area contributed by atoms with E-state index in [9.17, 15) is 4.79 Å². The summed E-state index contributed by atoms with van der Waals surface area (Å²) in [5.74, 6) is 1.36. The molecule has 1 aromatic heterocycles. The molecule has 1 N–H and O–H groups in total. The predicted molar refractivity (Wildman–Crippen MR) is 110 cm³/mol. The van der Waals surface area contributed by atoms with E-state index < -0.39 is 5.60 Å². The number of fused-ring (bicyclic) bond motifs is 1. The third-order valence-electron chi connectivity index (χ3n) is 4.29. The maximum atomic E-state index is 13.0. The first-order chi connectivity index (χ1) is 12.8. The largest absolute Gasteiger partial charge is 0.491 e. The quantitative estimate of drug-likeness (QED) is 0.669. The van der Waals surface area contributed by atoms with Crippen LogP contribution in [-0.2, 0) is 9.53 Å². The molecule has 0 spiro atoms. The molecule has 1 unspecified atom stereocenters. The van der Waals surface area contributed by atoms with Gasteiger partial charge in [0.05, 0.1) is 12.3 Å². The first-order valence-corrected chi connectivity index (χ1v) is 9.72. The van der Waals surface area contributed by atoms with Crippen LogP contribution in [0, 0.1) is 11.8 Å². The van der Waals surface area contributed by atoms with Crippen molar-refractivity contribution >= 4 is 22.5 Å². The fourth-order valence-corrected chi connectivity index (χ4v) is 3.20. The summed E-state index contributed by atoms with van der Waals surface area (Å²) >= 11 is 0. The van der Waals surface area contributed by atoms with E-state index in [-0.39, 0.29) is 5.91 Å². The van der Waals surface area contributed by atoms with Gasteiger partial charge in [0, 0.05) is 18.2 Å². The van der Waals surface area contributed by atoms with E-state index in [0.29, 0.717) is 31.5 Å². The summed E-state index contributed by atoms with van der Waals surface area (Å²) in [5, 5.41) is 3.91. The number of benzene rings is 1. The van der Waals surface area contributed by atoms with Gasteiger partial charge in [0.15, 0.2) is 0 Å². The Morgan fingerprint density at radius 3 is 2.56 bits per heavy atom. The summed E-state index contributed by atoms with van der Waals surface area (Å²) in [6.45, 7) is 13.3. The van der Waals surface area contributed by atoms with E-state index in [1.165, 1.54) is 0 Å². The number of amides is 1. The molecule has 0 fully saturated rings. The second kappa shape index (κ2) is 9.18. The van der Waals surface area contributed by atoms with E-state index in [0.717, 1.165) is 22.3 Å². The van der Waals surface area contributed by atoms with Crippen LogP contribution in [0.4, 0.5) is 5.69 Å². The monoisotopic (exact) mass is 372 g/mol. The predicted octanol–water partition coefficient (Wildman–Crippen LogP) is 5.05. The molecule has 0 aliphatic heterocycles. The number of hydrogen-bond acceptors (Lipinski definition) is 4. The van der Waals surface area contributed by atoms with Gasteiger partial charge in [-0.2, -0.15) is 0 Å². The van der Waals surface area contributed by atoms with Crippen LogP contribution in [0.5, 0.6) is 5.75 Å². The highest BCUT2D eigenvalue weighted by Crippen LogP contribution is 2.32. The van der Waals surface area contributed by atoms with Crippen LogP contribution in [0.25, 0.3) is 10.9 Å². The number of nitrogens with one attached hydrogen (secondary N) is 1. The number of hydrogen-bond donors (Lipinski definition) is 1. The number of nitrogens with zero attached hydrogens (tertiary/aromatic N) is 1. The molecule has 0 saturated carbocycles. The molecule has 1 atom stereocenters. The lowest BCUT2D eigenvalue weighted by Crippen LogP contribution is -2.44. The summed E-state index contributed by atoms with van der Waals surface area (Å²) in [4.78, 5) is 17.5. The van der Waals surface area contributed by atoms with Gasteiger partial charge in [0.25, 0.3) is 5.91 Å². The first-order valence-electron chi connectivity index (χ1n) is 9.72. The van der Waals surface area contributed by atoms with Gasteiger partial charge in [-0.3, -0.25) is 9.78 Å². The molecule has 0 aliphatic carbocycles. The molecule has 1 amide bonds. The molecule has 2 rings (SSSR count). The summed E-state index contributed by atoms with van der Waals surface area (Å²) in [6, 6.07) is 7.55. The van der Waals surface area contributed by atoms with Gasteiger partial charge in [-0.25, -0.2) is 0 Å². The Hall–Kier alpha value is -2.14. The van der Waals surface area contributed by atoms with Gasteiger partial charge >= 0.3 is 0 Å². The third kappa shape index (κ3) is 5.42. The minimum atomic E-state index is -0.871. The number of aromatic nitrogens is 1. The van der Waals surface area contributed by atoms with Crippen LogP contribution in [0.3, 0.4) is 0 Å². The molecule has 0 saturated heterocycles. The number of ether oxygens (including phenoxy) is 2. The van der Waals surface area contributed by atoms with Crippen molar-refractivity contribution in [3.63, 3.8) is 0 Å². The zero-order chi connectivity index (χ0) is 20.0. The molecule has 27 heavy (non-hydrogen) atoms. The number of carbonyl (C=O) groups excluding carboxylic acids is 1. The maximum Gasteiger partial charge on any atom is 0.256 e. The summed E-state index contributed by atoms with van der Waals surface area (Å²) in [5.41, 5.74) is 0.595. The van der Waals surface area contributed by atoms with E-state index >= 15 is 0 Å². The highest BCUT2D eigenvalue weighted by Gasteiger charge is 2.35. The van der Waals surface area contributed by atoms with Crippen LogP contribution in [0.2, 0.25) is 0 Å². The zero-order valence-corrected chi connectivity index (χ0v) is 17.3. The van der Waals surface area contributed by atoms with Crippen molar-refractivity contribution < 1.29 is 14.3 Å². The number of carbonyl (C=O) groups is 1. The van der Waals surface area contributed by atoms with Crippen molar-refractivity contribution in [2.45, 2.75) is 53.6 Å². The van der Waals surface area contributed by atoms with Crippen molar-refractivity contribution in [2.75, 3.05) is 18.5 Å². The number of anilines is 1. The molecule has 1 heterocycles. The highest BCUT2D eigenvalue weighted by molar-refractivity contribution is 6.05. The van der Waals surface area contributed by atoms with Crippen LogP contribution in [0.1, 0.15) is 48.0 Å². The molecule has 5 nitrogen and oxygen atoms in total. The van der Waals surface area contributed by atoms with Crippen molar-refractivity contribution in [2.24, 2.45) is 11.8 Å². The van der Waals surface area contributed by atoms with Crippen molar-refractivity contribution in [1.82, 2.24) is 4.98 Å². The highest BCUT2D eigenvalue weighted by atomic mass is 16.5. The minimum Gasteiger partial charge on any atom is -0.491 e. The molecule has 0 radical (unpaired) electrons. The molecule has 1 aromatic carbocycles. The topological polar surface area (TPSA) is 60.5 Å². The molecule has 5 heteroatoms. The Morgan fingerprint density at radius 2 is 1.93 bits per heavy atom. The molecular formula is C22H32N2O3. The van der Waals surface area contributed by atoms with Crippen molar-refractivity contribution in [3.8, 4) is 5.75 Å². The zero-order valence-electron chi connectivity index (χ0n) is 17.3. The lowest BCUT2D eigenvalue weighted by molar-refractivity contribution is -0.140. The first kappa shape index (κ1) is 21.2. The summed E-state index contributed by atoms with van der Waals surface area (Å²) < 4.78 is 11.7. The van der Waals surface area contributed by atoms with Crippen LogP contribution in [-0.4, -0.2) is 29.7 Å². The van der Waals surface area contributed by atoms with Crippen molar-refractivity contribution in [3.05, 3.63) is 30.5 Å². The summed E-state index contributed by atoms with van der Waals surface area (Å²) in [7, 11) is 0. The fraction of sp³-hybridized carbons (Fsp3) is 0.545. The molecule has 148 valence electrons. The second-order valence-electron chi connectivity index (χ2n) is 7.93. The maximum absolute atomic E-state index is 13.0. The SMILES string of the molecule is CCOC(C)(CC(C)C)C(=O)Nc1ccc(OCC(C)C)c2ncccc12. The van der Waals surface area contributed by atoms with Crippen LogP contribution in [0.15, 0.2) is 30.5 Å². The van der Waals surface area contributed by atoms with Gasteiger partial charge in [-0.1, -0.05) is 27.7 Å². The fourth-order valence-electron chi connectivity index (χ4n) is 3.20. The lowest BCUT2D eigenvalue weighted by Gasteiger charge is -2.30. The number of pyridine rings is 1. The van der Waals surface area contributed by atoms with E-state index in [1.54, 1.807) is 6.20 Å². The Morgan fingerprint density at radius 1 is 1.19 bits per heavy atom. The van der Waals surface area contributed by atoms with E-state index in [1.807, 2.05) is 38.1 Å². The average molecular weight is 373 g/mol. The van der Waals surface area contributed by atoms with E-state index in [2.05, 4.69) is 38.0 Å². The average Bonchev–Trinajstić information content (AvgIpc) is 2.60. The third-order valence-corrected chi connectivity index (χ3v) is 4.29. The Bertz CT molecular complexity index is 773. The Balaban J connectivity index is 2.33. The standard InChI is InChI=1S/C22H32N2O3/c1-7-27-22(6,13-15(2)3)21(25)24-18-10-11-19(26-14-16(4)5)20-17(18)9-8-12-23-20/h8-12,15-16H,7,13-14H2,1-6H3,(H,24,25).